The molecule has 0 amide bonds. The zero-order valence-corrected chi connectivity index (χ0v) is 19.8. The van der Waals surface area contributed by atoms with E-state index in [2.05, 4.69) is 24.7 Å². The molecule has 0 spiro atoms. The lowest BCUT2D eigenvalue weighted by atomic mass is 9.90. The highest BCUT2D eigenvalue weighted by atomic mass is 32.2. The van der Waals surface area contributed by atoms with Crippen LogP contribution in [-0.4, -0.2) is 59.5 Å². The summed E-state index contributed by atoms with van der Waals surface area (Å²) in [5.41, 5.74) is 1.36. The molecule has 9 nitrogen and oxygen atoms in total. The summed E-state index contributed by atoms with van der Waals surface area (Å²) in [5, 5.41) is 0. The summed E-state index contributed by atoms with van der Waals surface area (Å²) < 4.78 is 75.0. The molecular weight excluding hydrogens is 485 g/mol. The first-order valence-electron chi connectivity index (χ1n) is 11.2. The first-order chi connectivity index (χ1) is 16.7. The number of benzene rings is 1. The number of alkyl halides is 3. The molecule has 13 heteroatoms. The Bertz CT molecular complexity index is 1250. The molecule has 1 atom stereocenters. The lowest BCUT2D eigenvalue weighted by Crippen LogP contribution is -2.46. The quantitative estimate of drug-likeness (QED) is 0.487. The number of nitrogens with one attached hydrogen (secondary N) is 1. The van der Waals surface area contributed by atoms with Gasteiger partial charge >= 0.3 is 6.18 Å². The second-order valence-corrected chi connectivity index (χ2v) is 10.1. The van der Waals surface area contributed by atoms with Gasteiger partial charge in [-0.15, -0.1) is 0 Å². The molecule has 1 unspecified atom stereocenters. The van der Waals surface area contributed by atoms with Gasteiger partial charge in [0.2, 0.25) is 15.8 Å². The van der Waals surface area contributed by atoms with E-state index in [9.17, 15) is 21.6 Å². The number of anilines is 2. The molecule has 2 aromatic heterocycles. The van der Waals surface area contributed by atoms with Gasteiger partial charge in [-0.2, -0.15) is 13.2 Å². The van der Waals surface area contributed by atoms with Crippen molar-refractivity contribution in [1.82, 2.24) is 19.9 Å². The smallest absolute Gasteiger partial charge is 0.425 e. The largest absolute Gasteiger partial charge is 0.462 e. The van der Waals surface area contributed by atoms with Gasteiger partial charge in [-0.25, -0.2) is 28.4 Å². The zero-order valence-electron chi connectivity index (χ0n) is 18.9. The Hall–Kier alpha value is -3.22. The van der Waals surface area contributed by atoms with Crippen molar-refractivity contribution in [2.45, 2.75) is 38.5 Å². The molecule has 3 heterocycles. The van der Waals surface area contributed by atoms with E-state index >= 15 is 0 Å². The van der Waals surface area contributed by atoms with Crippen LogP contribution in [0.5, 0.6) is 5.88 Å². The van der Waals surface area contributed by atoms with Crippen LogP contribution in [0.1, 0.15) is 26.2 Å². The van der Waals surface area contributed by atoms with Crippen molar-refractivity contribution in [2.24, 2.45) is 5.92 Å². The van der Waals surface area contributed by atoms with Crippen LogP contribution < -0.4 is 14.4 Å². The van der Waals surface area contributed by atoms with Crippen LogP contribution in [0.4, 0.5) is 24.7 Å². The number of piperidine rings is 1. The molecule has 1 aliphatic rings. The second kappa shape index (κ2) is 10.2. The van der Waals surface area contributed by atoms with Crippen LogP contribution in [-0.2, 0) is 10.0 Å². The maximum atomic E-state index is 14.2. The number of fused-ring (bicyclic) bond motifs is 1. The molecule has 1 N–H and O–H groups in total. The Morgan fingerprint density at radius 3 is 2.34 bits per heavy atom. The van der Waals surface area contributed by atoms with Crippen molar-refractivity contribution in [3.05, 3.63) is 43.0 Å². The molecule has 1 saturated heterocycles. The molecule has 35 heavy (non-hydrogen) atoms. The molecule has 1 aliphatic heterocycles. The van der Waals surface area contributed by atoms with E-state index in [1.165, 1.54) is 6.33 Å². The van der Waals surface area contributed by atoms with Crippen molar-refractivity contribution in [3.8, 4) is 5.88 Å². The highest BCUT2D eigenvalue weighted by molar-refractivity contribution is 7.92. The molecular formula is C22H25F3N6O3S. The predicted octanol–water partition coefficient (Wildman–Crippen LogP) is 3.80. The minimum absolute atomic E-state index is 0.205. The van der Waals surface area contributed by atoms with Gasteiger partial charge < -0.3 is 9.64 Å². The molecule has 188 valence electrons. The zero-order chi connectivity index (χ0) is 25.1. The summed E-state index contributed by atoms with van der Waals surface area (Å²) in [5.74, 6) is -1.93. The van der Waals surface area contributed by atoms with E-state index in [0.717, 1.165) is 5.69 Å². The van der Waals surface area contributed by atoms with Gasteiger partial charge in [0, 0.05) is 19.0 Å². The third kappa shape index (κ3) is 6.08. The molecule has 1 aromatic carbocycles. The first kappa shape index (κ1) is 24.9. The third-order valence-corrected chi connectivity index (χ3v) is 7.15. The van der Waals surface area contributed by atoms with Crippen LogP contribution in [0.15, 0.2) is 43.0 Å². The van der Waals surface area contributed by atoms with Crippen molar-refractivity contribution in [1.29, 1.82) is 0 Å². The summed E-state index contributed by atoms with van der Waals surface area (Å²) in [7, 11) is -3.84. The normalized spacial score (nSPS) is 16.3. The van der Waals surface area contributed by atoms with Gasteiger partial charge in [-0.05, 0) is 31.4 Å². The van der Waals surface area contributed by atoms with Crippen LogP contribution >= 0.6 is 0 Å². The Balaban J connectivity index is 1.61. The Morgan fingerprint density at radius 1 is 1.11 bits per heavy atom. The molecule has 0 radical (unpaired) electrons. The third-order valence-electron chi connectivity index (χ3n) is 5.70. The number of ether oxygens (including phenoxy) is 1. The number of rotatable bonds is 8. The predicted molar refractivity (Wildman–Crippen MR) is 125 cm³/mol. The second-order valence-electron chi connectivity index (χ2n) is 8.29. The fourth-order valence-electron chi connectivity index (χ4n) is 4.07. The summed E-state index contributed by atoms with van der Waals surface area (Å²) in [6.07, 6.45) is -1.52. The number of aromatic nitrogens is 4. The van der Waals surface area contributed by atoms with Gasteiger partial charge in [0.05, 0.1) is 34.9 Å². The van der Waals surface area contributed by atoms with Gasteiger partial charge in [0.25, 0.3) is 5.88 Å². The average molecular weight is 511 g/mol. The van der Waals surface area contributed by atoms with E-state index < -0.39 is 34.1 Å². The molecule has 4 rings (SSSR count). The Kier molecular flexibility index (Phi) is 7.24. The number of sulfonamides is 1. The molecule has 3 aromatic rings. The van der Waals surface area contributed by atoms with Crippen molar-refractivity contribution in [2.75, 3.05) is 28.5 Å². The summed E-state index contributed by atoms with van der Waals surface area (Å²) >= 11 is 0. The van der Waals surface area contributed by atoms with Crippen LogP contribution in [0.25, 0.3) is 11.0 Å². The van der Waals surface area contributed by atoms with Crippen molar-refractivity contribution in [3.63, 3.8) is 0 Å². The van der Waals surface area contributed by atoms with Crippen molar-refractivity contribution >= 4 is 32.6 Å². The average Bonchev–Trinajstić information content (AvgIpc) is 2.82. The number of para-hydroxylation sites is 2. The monoisotopic (exact) mass is 510 g/mol. The van der Waals surface area contributed by atoms with Gasteiger partial charge in [-0.3, -0.25) is 4.72 Å². The molecule has 0 aliphatic carbocycles. The van der Waals surface area contributed by atoms with E-state index in [-0.39, 0.29) is 24.4 Å². The number of halogens is 3. The minimum Gasteiger partial charge on any atom is -0.462 e. The summed E-state index contributed by atoms with van der Waals surface area (Å²) in [6.45, 7) is 2.41. The SMILES string of the molecule is CCCS(=O)(=O)Nc1nc2ccccc2nc1OC(C1CCN(c2cncnc2)CC1)C(F)(F)F. The van der Waals surface area contributed by atoms with E-state index in [1.54, 1.807) is 43.6 Å². The lowest BCUT2D eigenvalue weighted by molar-refractivity contribution is -0.212. The van der Waals surface area contributed by atoms with Gasteiger partial charge in [0.15, 0.2) is 6.10 Å². The highest BCUT2D eigenvalue weighted by Crippen LogP contribution is 2.37. The Morgan fingerprint density at radius 2 is 1.74 bits per heavy atom. The number of nitrogens with zero attached hydrogens (tertiary/aromatic N) is 5. The van der Waals surface area contributed by atoms with Crippen LogP contribution in [0, 0.1) is 5.92 Å². The molecule has 0 saturated carbocycles. The van der Waals surface area contributed by atoms with E-state index in [1.807, 2.05) is 4.90 Å². The maximum Gasteiger partial charge on any atom is 0.425 e. The number of hydrogen-bond donors (Lipinski definition) is 1. The van der Waals surface area contributed by atoms with E-state index in [0.29, 0.717) is 30.5 Å². The molecule has 1 fully saturated rings. The fourth-order valence-corrected chi connectivity index (χ4v) is 5.13. The summed E-state index contributed by atoms with van der Waals surface area (Å²) in [6, 6.07) is 6.49. The molecule has 0 bridgehead atoms. The van der Waals surface area contributed by atoms with Gasteiger partial charge in [0.1, 0.15) is 6.33 Å². The standard InChI is InChI=1S/C22H25F3N6O3S/c1-2-11-35(32,33)30-20-21(29-18-6-4-3-5-17(18)28-20)34-19(22(23,24)25)15-7-9-31(10-8-15)16-12-26-14-27-13-16/h3-6,12-15,19H,2,7-11H2,1H3,(H,28,30). The minimum atomic E-state index is -4.70. The van der Waals surface area contributed by atoms with Crippen LogP contribution in [0.2, 0.25) is 0 Å². The first-order valence-corrected chi connectivity index (χ1v) is 12.8. The topological polar surface area (TPSA) is 110 Å². The van der Waals surface area contributed by atoms with Gasteiger partial charge in [-0.1, -0.05) is 19.1 Å². The highest BCUT2D eigenvalue weighted by Gasteiger charge is 2.48. The maximum absolute atomic E-state index is 14.2. The number of hydrogen-bond acceptors (Lipinski definition) is 8. The lowest BCUT2D eigenvalue weighted by Gasteiger charge is -2.37. The van der Waals surface area contributed by atoms with Crippen molar-refractivity contribution < 1.29 is 26.3 Å². The fraction of sp³-hybridized carbons (Fsp3) is 0.455. The van der Waals surface area contributed by atoms with E-state index in [4.69, 9.17) is 4.74 Å². The van der Waals surface area contributed by atoms with Crippen LogP contribution in [0.3, 0.4) is 0 Å². The Labute approximate surface area is 200 Å². The summed E-state index contributed by atoms with van der Waals surface area (Å²) in [4.78, 5) is 18.2.